The van der Waals surface area contributed by atoms with Crippen molar-refractivity contribution in [3.63, 3.8) is 0 Å². The Morgan fingerprint density at radius 2 is 2.24 bits per heavy atom. The van der Waals surface area contributed by atoms with E-state index in [1.165, 1.54) is 0 Å². The molecule has 1 aliphatic heterocycles. The number of anilines is 1. The van der Waals surface area contributed by atoms with Crippen molar-refractivity contribution in [1.82, 2.24) is 9.55 Å². The van der Waals surface area contributed by atoms with Gasteiger partial charge in [0.25, 0.3) is 0 Å². The minimum absolute atomic E-state index is 0.605. The van der Waals surface area contributed by atoms with Gasteiger partial charge in [-0.25, -0.2) is 4.98 Å². The molecular formula is C12H21N3O2. The first kappa shape index (κ1) is 12.4. The van der Waals surface area contributed by atoms with Gasteiger partial charge in [0.15, 0.2) is 0 Å². The fourth-order valence-electron chi connectivity index (χ4n) is 2.31. The summed E-state index contributed by atoms with van der Waals surface area (Å²) in [6.07, 6.45) is 5.15. The molecule has 0 unspecified atom stereocenters. The number of likely N-dealkylation sites (N-methyl/N-ethyl adjacent to an activating group) is 1. The SMILES string of the molecule is CCn1ccnc1N(C)CC1(O)CCOCC1. The molecule has 0 radical (unpaired) electrons. The third-order valence-corrected chi connectivity index (χ3v) is 3.33. The van der Waals surface area contributed by atoms with E-state index in [2.05, 4.69) is 16.5 Å². The molecule has 5 nitrogen and oxygen atoms in total. The first-order chi connectivity index (χ1) is 8.14. The summed E-state index contributed by atoms with van der Waals surface area (Å²) in [5, 5.41) is 10.4. The molecule has 5 heteroatoms. The lowest BCUT2D eigenvalue weighted by Gasteiger charge is -2.35. The zero-order chi connectivity index (χ0) is 12.3. The zero-order valence-corrected chi connectivity index (χ0v) is 10.6. The largest absolute Gasteiger partial charge is 0.388 e. The summed E-state index contributed by atoms with van der Waals surface area (Å²) in [5.74, 6) is 0.910. The number of rotatable bonds is 4. The van der Waals surface area contributed by atoms with E-state index in [-0.39, 0.29) is 0 Å². The smallest absolute Gasteiger partial charge is 0.205 e. The number of aliphatic hydroxyl groups is 1. The Morgan fingerprint density at radius 3 is 2.88 bits per heavy atom. The monoisotopic (exact) mass is 239 g/mol. The highest BCUT2D eigenvalue weighted by molar-refractivity contribution is 5.30. The molecular weight excluding hydrogens is 218 g/mol. The molecule has 0 amide bonds. The molecule has 1 aliphatic rings. The highest BCUT2D eigenvalue weighted by Crippen LogP contribution is 2.23. The van der Waals surface area contributed by atoms with Crippen molar-refractivity contribution in [2.75, 3.05) is 31.7 Å². The van der Waals surface area contributed by atoms with E-state index in [1.54, 1.807) is 6.20 Å². The lowest BCUT2D eigenvalue weighted by molar-refractivity contribution is -0.0574. The van der Waals surface area contributed by atoms with Crippen LogP contribution in [0, 0.1) is 0 Å². The fraction of sp³-hybridized carbons (Fsp3) is 0.750. The Bertz CT molecular complexity index is 358. The standard InChI is InChI=1S/C12H21N3O2/c1-3-15-7-6-13-11(15)14(2)10-12(16)4-8-17-9-5-12/h6-7,16H,3-5,8-10H2,1-2H3. The first-order valence-corrected chi connectivity index (χ1v) is 6.17. The van der Waals surface area contributed by atoms with Crippen LogP contribution in [-0.4, -0.2) is 47.1 Å². The van der Waals surface area contributed by atoms with E-state index in [0.717, 1.165) is 12.5 Å². The fourth-order valence-corrected chi connectivity index (χ4v) is 2.31. The van der Waals surface area contributed by atoms with Crippen molar-refractivity contribution in [2.45, 2.75) is 31.9 Å². The summed E-state index contributed by atoms with van der Waals surface area (Å²) in [7, 11) is 1.97. The van der Waals surface area contributed by atoms with E-state index in [4.69, 9.17) is 4.74 Å². The molecule has 1 saturated heterocycles. The molecule has 0 atom stereocenters. The maximum absolute atomic E-state index is 10.4. The Hall–Kier alpha value is -1.07. The van der Waals surface area contributed by atoms with Crippen molar-refractivity contribution in [1.29, 1.82) is 0 Å². The van der Waals surface area contributed by atoms with Gasteiger partial charge in [-0.15, -0.1) is 0 Å². The van der Waals surface area contributed by atoms with Gasteiger partial charge in [-0.3, -0.25) is 0 Å². The molecule has 2 rings (SSSR count). The second-order valence-electron chi connectivity index (χ2n) is 4.71. The van der Waals surface area contributed by atoms with Gasteiger partial charge in [0.1, 0.15) is 0 Å². The second-order valence-corrected chi connectivity index (χ2v) is 4.71. The second kappa shape index (κ2) is 5.06. The van der Waals surface area contributed by atoms with Crippen LogP contribution in [0.3, 0.4) is 0 Å². The highest BCUT2D eigenvalue weighted by Gasteiger charge is 2.31. The Labute approximate surface area is 102 Å². The van der Waals surface area contributed by atoms with Crippen LogP contribution in [0.5, 0.6) is 0 Å². The topological polar surface area (TPSA) is 50.5 Å². The normalized spacial score (nSPS) is 19.2. The molecule has 1 fully saturated rings. The van der Waals surface area contributed by atoms with E-state index >= 15 is 0 Å². The maximum Gasteiger partial charge on any atom is 0.205 e. The van der Waals surface area contributed by atoms with Crippen LogP contribution in [0.25, 0.3) is 0 Å². The summed E-state index contributed by atoms with van der Waals surface area (Å²) in [4.78, 5) is 6.35. The van der Waals surface area contributed by atoms with Gasteiger partial charge < -0.3 is 19.3 Å². The Balaban J connectivity index is 2.03. The number of aromatic nitrogens is 2. The van der Waals surface area contributed by atoms with Gasteiger partial charge in [0.2, 0.25) is 5.95 Å². The van der Waals surface area contributed by atoms with Crippen molar-refractivity contribution in [2.24, 2.45) is 0 Å². The minimum Gasteiger partial charge on any atom is -0.388 e. The van der Waals surface area contributed by atoms with Gasteiger partial charge in [-0.05, 0) is 6.92 Å². The first-order valence-electron chi connectivity index (χ1n) is 6.17. The maximum atomic E-state index is 10.4. The van der Waals surface area contributed by atoms with Crippen LogP contribution in [0.2, 0.25) is 0 Å². The zero-order valence-electron chi connectivity index (χ0n) is 10.6. The van der Waals surface area contributed by atoms with Crippen molar-refractivity contribution < 1.29 is 9.84 Å². The van der Waals surface area contributed by atoms with Gasteiger partial charge >= 0.3 is 0 Å². The Kier molecular flexibility index (Phi) is 3.69. The number of ether oxygens (including phenoxy) is 1. The molecule has 0 bridgehead atoms. The molecule has 2 heterocycles. The highest BCUT2D eigenvalue weighted by atomic mass is 16.5. The molecule has 17 heavy (non-hydrogen) atoms. The van der Waals surface area contributed by atoms with Gasteiger partial charge in [0, 0.05) is 58.6 Å². The molecule has 0 spiro atoms. The number of hydrogen-bond donors (Lipinski definition) is 1. The van der Waals surface area contributed by atoms with Crippen molar-refractivity contribution in [3.05, 3.63) is 12.4 Å². The molecule has 0 saturated carbocycles. The van der Waals surface area contributed by atoms with Crippen molar-refractivity contribution >= 4 is 5.95 Å². The third-order valence-electron chi connectivity index (χ3n) is 3.33. The summed E-state index contributed by atoms with van der Waals surface area (Å²) in [5.41, 5.74) is -0.641. The Morgan fingerprint density at radius 1 is 1.53 bits per heavy atom. The minimum atomic E-state index is -0.641. The van der Waals surface area contributed by atoms with E-state index < -0.39 is 5.60 Å². The average molecular weight is 239 g/mol. The predicted molar refractivity (Wildman–Crippen MR) is 66.2 cm³/mol. The summed E-state index contributed by atoms with van der Waals surface area (Å²) in [6.45, 7) is 4.87. The molecule has 0 aromatic carbocycles. The number of imidazole rings is 1. The summed E-state index contributed by atoms with van der Waals surface area (Å²) >= 11 is 0. The summed E-state index contributed by atoms with van der Waals surface area (Å²) < 4.78 is 7.35. The van der Waals surface area contributed by atoms with Crippen molar-refractivity contribution in [3.8, 4) is 0 Å². The van der Waals surface area contributed by atoms with Crippen LogP contribution in [-0.2, 0) is 11.3 Å². The van der Waals surface area contributed by atoms with E-state index in [0.29, 0.717) is 32.6 Å². The van der Waals surface area contributed by atoms with Gasteiger partial charge in [-0.2, -0.15) is 0 Å². The number of hydrogen-bond acceptors (Lipinski definition) is 4. The molecule has 96 valence electrons. The average Bonchev–Trinajstić information content (AvgIpc) is 2.77. The van der Waals surface area contributed by atoms with Gasteiger partial charge in [0.05, 0.1) is 5.60 Å². The predicted octanol–water partition coefficient (Wildman–Crippen LogP) is 0.881. The molecule has 1 aromatic heterocycles. The molecule has 1 N–H and O–H groups in total. The molecule has 0 aliphatic carbocycles. The number of aryl methyl sites for hydroxylation is 1. The number of nitrogens with zero attached hydrogens (tertiary/aromatic N) is 3. The van der Waals surface area contributed by atoms with Crippen LogP contribution in [0.4, 0.5) is 5.95 Å². The van der Waals surface area contributed by atoms with Crippen LogP contribution >= 0.6 is 0 Å². The quantitative estimate of drug-likeness (QED) is 0.847. The third kappa shape index (κ3) is 2.79. The molecule has 1 aromatic rings. The van der Waals surface area contributed by atoms with E-state index in [9.17, 15) is 5.11 Å². The lowest BCUT2D eigenvalue weighted by Crippen LogP contribution is -2.46. The van der Waals surface area contributed by atoms with Gasteiger partial charge in [-0.1, -0.05) is 0 Å². The van der Waals surface area contributed by atoms with Crippen LogP contribution in [0.1, 0.15) is 19.8 Å². The van der Waals surface area contributed by atoms with E-state index in [1.807, 2.05) is 18.1 Å². The van der Waals surface area contributed by atoms with Crippen LogP contribution < -0.4 is 4.90 Å². The van der Waals surface area contributed by atoms with Crippen LogP contribution in [0.15, 0.2) is 12.4 Å². The lowest BCUT2D eigenvalue weighted by atomic mass is 9.94. The summed E-state index contributed by atoms with van der Waals surface area (Å²) in [6, 6.07) is 0.